The highest BCUT2D eigenvalue weighted by Crippen LogP contribution is 2.52. The Hall–Kier alpha value is -0.250. The third-order valence-electron chi connectivity index (χ3n) is 2.43. The first-order valence-corrected chi connectivity index (χ1v) is 7.43. The average molecular weight is 243 g/mol. The predicted molar refractivity (Wildman–Crippen MR) is 64.3 cm³/mol. The van der Waals surface area contributed by atoms with E-state index in [9.17, 15) is 0 Å². The summed E-state index contributed by atoms with van der Waals surface area (Å²) in [6.07, 6.45) is 0.0244. The Morgan fingerprint density at radius 3 is 2.67 bits per heavy atom. The standard InChI is InChI=1S/C10H14NO2PS/c1-8-3-5-9(6-4-8)10-7-11-14(15,12-2)13-10/h3-6,10H,7H2,1-2H3,(H,11,15). The summed E-state index contributed by atoms with van der Waals surface area (Å²) >= 11 is 5.23. The quantitative estimate of drug-likeness (QED) is 0.808. The predicted octanol–water partition coefficient (Wildman–Crippen LogP) is 2.53. The molecular formula is C10H14NO2PS. The molecule has 5 heteroatoms. The Labute approximate surface area is 95.0 Å². The van der Waals surface area contributed by atoms with Crippen molar-refractivity contribution in [3.05, 3.63) is 35.4 Å². The van der Waals surface area contributed by atoms with E-state index in [0.29, 0.717) is 0 Å². The van der Waals surface area contributed by atoms with Gasteiger partial charge in [-0.1, -0.05) is 29.8 Å². The molecule has 15 heavy (non-hydrogen) atoms. The maximum absolute atomic E-state index is 5.72. The van der Waals surface area contributed by atoms with Gasteiger partial charge in [0.2, 0.25) is 0 Å². The van der Waals surface area contributed by atoms with Gasteiger partial charge in [-0.3, -0.25) is 0 Å². The summed E-state index contributed by atoms with van der Waals surface area (Å²) in [6, 6.07) is 8.30. The summed E-state index contributed by atoms with van der Waals surface area (Å²) in [7, 11) is 1.59. The minimum Gasteiger partial charge on any atom is -0.321 e. The Morgan fingerprint density at radius 1 is 1.47 bits per heavy atom. The normalized spacial score (nSPS) is 30.7. The van der Waals surface area contributed by atoms with Gasteiger partial charge in [-0.05, 0) is 24.3 Å². The van der Waals surface area contributed by atoms with E-state index in [1.807, 2.05) is 0 Å². The van der Waals surface area contributed by atoms with Crippen LogP contribution in [-0.2, 0) is 20.9 Å². The molecule has 0 amide bonds. The number of rotatable bonds is 2. The van der Waals surface area contributed by atoms with Crippen LogP contribution in [0.2, 0.25) is 0 Å². The van der Waals surface area contributed by atoms with Crippen molar-refractivity contribution in [2.45, 2.75) is 13.0 Å². The topological polar surface area (TPSA) is 30.5 Å². The van der Waals surface area contributed by atoms with Crippen LogP contribution in [0.15, 0.2) is 24.3 Å². The van der Waals surface area contributed by atoms with Gasteiger partial charge in [-0.15, -0.1) is 0 Å². The molecule has 2 atom stereocenters. The molecule has 2 rings (SSSR count). The van der Waals surface area contributed by atoms with Crippen molar-refractivity contribution >= 4 is 18.4 Å². The van der Waals surface area contributed by atoms with Crippen LogP contribution in [0.4, 0.5) is 0 Å². The van der Waals surface area contributed by atoms with Crippen LogP contribution in [0.1, 0.15) is 17.2 Å². The second-order valence-electron chi connectivity index (χ2n) is 3.55. The van der Waals surface area contributed by atoms with Crippen molar-refractivity contribution in [2.24, 2.45) is 0 Å². The Morgan fingerprint density at radius 2 is 2.13 bits per heavy atom. The van der Waals surface area contributed by atoms with E-state index in [0.717, 1.165) is 12.1 Å². The Balaban J connectivity index is 2.14. The first-order valence-electron chi connectivity index (χ1n) is 4.79. The molecule has 3 nitrogen and oxygen atoms in total. The van der Waals surface area contributed by atoms with Crippen molar-refractivity contribution in [3.63, 3.8) is 0 Å². The smallest absolute Gasteiger partial charge is 0.261 e. The third-order valence-corrected chi connectivity index (χ3v) is 5.10. The molecule has 82 valence electrons. The number of benzene rings is 1. The third kappa shape index (κ3) is 2.47. The van der Waals surface area contributed by atoms with Crippen molar-refractivity contribution in [1.82, 2.24) is 5.09 Å². The van der Waals surface area contributed by atoms with E-state index in [2.05, 4.69) is 36.3 Å². The highest BCUT2D eigenvalue weighted by atomic mass is 32.5. The van der Waals surface area contributed by atoms with Crippen LogP contribution in [0.25, 0.3) is 0 Å². The summed E-state index contributed by atoms with van der Waals surface area (Å²) < 4.78 is 10.9. The minimum absolute atomic E-state index is 0.0244. The van der Waals surface area contributed by atoms with Gasteiger partial charge in [-0.2, -0.15) is 0 Å². The monoisotopic (exact) mass is 243 g/mol. The first-order chi connectivity index (χ1) is 7.13. The van der Waals surface area contributed by atoms with E-state index in [-0.39, 0.29) is 6.10 Å². The number of aryl methyl sites for hydroxylation is 1. The summed E-state index contributed by atoms with van der Waals surface area (Å²) in [5.41, 5.74) is 2.40. The van der Waals surface area contributed by atoms with Crippen LogP contribution in [-0.4, -0.2) is 13.7 Å². The largest absolute Gasteiger partial charge is 0.321 e. The lowest BCUT2D eigenvalue weighted by molar-refractivity contribution is 0.233. The van der Waals surface area contributed by atoms with Gasteiger partial charge < -0.3 is 9.05 Å². The van der Waals surface area contributed by atoms with Gasteiger partial charge in [0.1, 0.15) is 6.10 Å². The van der Waals surface area contributed by atoms with Gasteiger partial charge in [0.25, 0.3) is 6.64 Å². The van der Waals surface area contributed by atoms with Crippen LogP contribution < -0.4 is 5.09 Å². The molecule has 0 saturated carbocycles. The summed E-state index contributed by atoms with van der Waals surface area (Å²) in [6.45, 7) is 0.596. The SMILES string of the molecule is COP1(=S)NCC(c2ccc(C)cc2)O1. The van der Waals surface area contributed by atoms with E-state index in [1.54, 1.807) is 7.11 Å². The molecule has 0 spiro atoms. The molecular weight excluding hydrogens is 229 g/mol. The second-order valence-corrected chi connectivity index (χ2v) is 6.88. The second kappa shape index (κ2) is 4.32. The fourth-order valence-corrected chi connectivity index (χ4v) is 3.25. The zero-order chi connectivity index (χ0) is 10.9. The van der Waals surface area contributed by atoms with E-state index in [1.165, 1.54) is 5.56 Å². The van der Waals surface area contributed by atoms with Gasteiger partial charge in [-0.25, -0.2) is 5.09 Å². The summed E-state index contributed by atoms with van der Waals surface area (Å²) in [5, 5.41) is 3.13. The van der Waals surface area contributed by atoms with Crippen molar-refractivity contribution in [2.75, 3.05) is 13.7 Å². The molecule has 0 aliphatic carbocycles. The fourth-order valence-electron chi connectivity index (χ4n) is 1.50. The van der Waals surface area contributed by atoms with Crippen LogP contribution >= 0.6 is 6.64 Å². The molecule has 1 saturated heterocycles. The molecule has 0 aromatic heterocycles. The molecule has 1 aliphatic rings. The lowest BCUT2D eigenvalue weighted by atomic mass is 10.1. The summed E-state index contributed by atoms with van der Waals surface area (Å²) in [4.78, 5) is 0. The minimum atomic E-state index is -2.20. The first kappa shape index (κ1) is 11.2. The maximum Gasteiger partial charge on any atom is 0.261 e. The molecule has 1 aromatic rings. The molecule has 1 aliphatic heterocycles. The van der Waals surface area contributed by atoms with Crippen LogP contribution in [0.3, 0.4) is 0 Å². The van der Waals surface area contributed by atoms with Crippen molar-refractivity contribution in [1.29, 1.82) is 0 Å². The number of hydrogen-bond donors (Lipinski definition) is 1. The molecule has 0 bridgehead atoms. The average Bonchev–Trinajstić information content (AvgIpc) is 2.63. The van der Waals surface area contributed by atoms with Gasteiger partial charge in [0, 0.05) is 13.7 Å². The molecule has 1 aromatic carbocycles. The van der Waals surface area contributed by atoms with E-state index < -0.39 is 6.64 Å². The Kier molecular flexibility index (Phi) is 3.24. The fraction of sp³-hybridized carbons (Fsp3) is 0.400. The molecule has 0 radical (unpaired) electrons. The van der Waals surface area contributed by atoms with Gasteiger partial charge in [0.15, 0.2) is 0 Å². The van der Waals surface area contributed by atoms with E-state index >= 15 is 0 Å². The summed E-state index contributed by atoms with van der Waals surface area (Å²) in [5.74, 6) is 0. The molecule has 1 N–H and O–H groups in total. The van der Waals surface area contributed by atoms with Crippen LogP contribution in [0, 0.1) is 6.92 Å². The lowest BCUT2D eigenvalue weighted by Gasteiger charge is -2.13. The zero-order valence-electron chi connectivity index (χ0n) is 8.77. The molecule has 1 heterocycles. The zero-order valence-corrected chi connectivity index (χ0v) is 10.5. The lowest BCUT2D eigenvalue weighted by Crippen LogP contribution is -2.06. The van der Waals surface area contributed by atoms with Crippen LogP contribution in [0.5, 0.6) is 0 Å². The van der Waals surface area contributed by atoms with E-state index in [4.69, 9.17) is 20.9 Å². The number of nitrogens with one attached hydrogen (secondary N) is 1. The van der Waals surface area contributed by atoms with Crippen molar-refractivity contribution < 1.29 is 9.05 Å². The molecule has 1 fully saturated rings. The molecule has 2 unspecified atom stereocenters. The Bertz CT molecular complexity index is 393. The maximum atomic E-state index is 5.72. The number of hydrogen-bond acceptors (Lipinski definition) is 3. The van der Waals surface area contributed by atoms with Gasteiger partial charge >= 0.3 is 0 Å². The van der Waals surface area contributed by atoms with Gasteiger partial charge in [0.05, 0.1) is 0 Å². The highest BCUT2D eigenvalue weighted by molar-refractivity contribution is 8.09. The highest BCUT2D eigenvalue weighted by Gasteiger charge is 2.31. The van der Waals surface area contributed by atoms with Crippen molar-refractivity contribution in [3.8, 4) is 0 Å².